The van der Waals surface area contributed by atoms with Crippen LogP contribution in [-0.2, 0) is 23.0 Å². The number of anilines is 2. The van der Waals surface area contributed by atoms with Crippen LogP contribution in [0.4, 0.5) is 11.5 Å². The molecule has 2 heterocycles. The SMILES string of the molecule is COc1ccc(S(=O)(=O)N2CCc3ccccc32)cc1C(=O)NCc1cccnc1N(C)C. The Hall–Kier alpha value is -3.59. The summed E-state index contributed by atoms with van der Waals surface area (Å²) in [5.74, 6) is 0.611. The Kier molecular flexibility index (Phi) is 6.24. The van der Waals surface area contributed by atoms with Gasteiger partial charge in [0.15, 0.2) is 0 Å². The van der Waals surface area contributed by atoms with E-state index in [4.69, 9.17) is 4.74 Å². The van der Waals surface area contributed by atoms with Crippen LogP contribution in [0.3, 0.4) is 0 Å². The van der Waals surface area contributed by atoms with Gasteiger partial charge in [-0.05, 0) is 42.3 Å². The number of rotatable bonds is 7. The normalized spacial score (nSPS) is 12.9. The molecular weight excluding hydrogens is 440 g/mol. The van der Waals surface area contributed by atoms with E-state index in [2.05, 4.69) is 10.3 Å². The second-order valence-electron chi connectivity index (χ2n) is 7.88. The van der Waals surface area contributed by atoms with E-state index in [1.54, 1.807) is 18.3 Å². The molecule has 0 fully saturated rings. The van der Waals surface area contributed by atoms with Gasteiger partial charge in [0, 0.05) is 38.9 Å². The molecule has 0 saturated carbocycles. The highest BCUT2D eigenvalue weighted by atomic mass is 32.2. The van der Waals surface area contributed by atoms with Crippen molar-refractivity contribution in [3.63, 3.8) is 0 Å². The van der Waals surface area contributed by atoms with E-state index in [1.807, 2.05) is 43.3 Å². The third-order valence-corrected chi connectivity index (χ3v) is 7.39. The third kappa shape index (κ3) is 4.36. The predicted molar refractivity (Wildman–Crippen MR) is 127 cm³/mol. The maximum Gasteiger partial charge on any atom is 0.264 e. The Morgan fingerprint density at radius 1 is 1.15 bits per heavy atom. The van der Waals surface area contributed by atoms with Gasteiger partial charge >= 0.3 is 0 Å². The van der Waals surface area contributed by atoms with Crippen molar-refractivity contribution >= 4 is 27.4 Å². The van der Waals surface area contributed by atoms with Gasteiger partial charge in [0.05, 0.1) is 23.3 Å². The predicted octanol–water partition coefficient (Wildman–Crippen LogP) is 2.84. The minimum Gasteiger partial charge on any atom is -0.496 e. The number of aromatic nitrogens is 1. The number of nitrogens with zero attached hydrogens (tertiary/aromatic N) is 3. The zero-order valence-corrected chi connectivity index (χ0v) is 19.6. The van der Waals surface area contributed by atoms with E-state index in [1.165, 1.54) is 29.6 Å². The van der Waals surface area contributed by atoms with Crippen molar-refractivity contribution in [1.82, 2.24) is 10.3 Å². The molecule has 0 bridgehead atoms. The van der Waals surface area contributed by atoms with Crippen LogP contribution in [0.1, 0.15) is 21.5 Å². The summed E-state index contributed by atoms with van der Waals surface area (Å²) in [6.07, 6.45) is 2.34. The molecule has 3 aromatic rings. The number of carbonyl (C=O) groups excluding carboxylic acids is 1. The fraction of sp³-hybridized carbons (Fsp3) is 0.250. The molecule has 1 aliphatic heterocycles. The van der Waals surface area contributed by atoms with Gasteiger partial charge in [-0.25, -0.2) is 13.4 Å². The number of methoxy groups -OCH3 is 1. The molecular formula is C24H26N4O4S. The Labute approximate surface area is 193 Å². The molecule has 4 rings (SSSR count). The monoisotopic (exact) mass is 466 g/mol. The van der Waals surface area contributed by atoms with Crippen LogP contribution >= 0.6 is 0 Å². The number of benzene rings is 2. The van der Waals surface area contributed by atoms with E-state index in [9.17, 15) is 13.2 Å². The number of amides is 1. The first-order valence-electron chi connectivity index (χ1n) is 10.5. The van der Waals surface area contributed by atoms with Gasteiger partial charge in [-0.3, -0.25) is 9.10 Å². The summed E-state index contributed by atoms with van der Waals surface area (Å²) >= 11 is 0. The van der Waals surface area contributed by atoms with Crippen molar-refractivity contribution < 1.29 is 17.9 Å². The minimum atomic E-state index is -3.84. The van der Waals surface area contributed by atoms with Gasteiger partial charge in [0.1, 0.15) is 11.6 Å². The Bertz CT molecular complexity index is 1290. The van der Waals surface area contributed by atoms with Crippen LogP contribution < -0.4 is 19.3 Å². The number of pyridine rings is 1. The zero-order valence-electron chi connectivity index (χ0n) is 18.8. The second kappa shape index (κ2) is 9.11. The summed E-state index contributed by atoms with van der Waals surface area (Å²) in [5, 5.41) is 2.86. The van der Waals surface area contributed by atoms with E-state index < -0.39 is 15.9 Å². The smallest absolute Gasteiger partial charge is 0.264 e. The fourth-order valence-electron chi connectivity index (χ4n) is 3.95. The first-order valence-corrected chi connectivity index (χ1v) is 11.9. The van der Waals surface area contributed by atoms with Gasteiger partial charge in [-0.1, -0.05) is 24.3 Å². The Balaban J connectivity index is 1.62. The average Bonchev–Trinajstić information content (AvgIpc) is 3.27. The van der Waals surface area contributed by atoms with Gasteiger partial charge in [0.25, 0.3) is 15.9 Å². The Morgan fingerprint density at radius 3 is 2.70 bits per heavy atom. The fourth-order valence-corrected chi connectivity index (χ4v) is 5.48. The third-order valence-electron chi connectivity index (χ3n) is 5.58. The van der Waals surface area contributed by atoms with Crippen molar-refractivity contribution in [3.8, 4) is 5.75 Å². The summed E-state index contributed by atoms with van der Waals surface area (Å²) in [4.78, 5) is 19.3. The van der Waals surface area contributed by atoms with Crippen LogP contribution in [0.15, 0.2) is 65.7 Å². The molecule has 0 atom stereocenters. The van der Waals surface area contributed by atoms with Gasteiger partial charge in [0.2, 0.25) is 0 Å². The lowest BCUT2D eigenvalue weighted by atomic mass is 10.1. The summed E-state index contributed by atoms with van der Waals surface area (Å²) in [6.45, 7) is 0.601. The van der Waals surface area contributed by atoms with Crippen molar-refractivity contribution in [1.29, 1.82) is 0 Å². The largest absolute Gasteiger partial charge is 0.496 e. The molecule has 8 nitrogen and oxygen atoms in total. The maximum atomic E-state index is 13.4. The number of fused-ring (bicyclic) bond motifs is 1. The van der Waals surface area contributed by atoms with Crippen molar-refractivity contribution in [2.75, 3.05) is 37.0 Å². The standard InChI is InChI=1S/C24H26N4O4S/c1-27(2)23-18(8-6-13-25-23)16-26-24(29)20-15-19(10-11-22(20)32-3)33(30,31)28-14-12-17-7-4-5-9-21(17)28/h4-11,13,15H,12,14,16H2,1-3H3,(H,26,29). The molecule has 0 unspecified atom stereocenters. The minimum absolute atomic E-state index is 0.0421. The van der Waals surface area contributed by atoms with E-state index >= 15 is 0 Å². The number of sulfonamides is 1. The second-order valence-corrected chi connectivity index (χ2v) is 9.74. The summed E-state index contributed by atoms with van der Waals surface area (Å²) < 4.78 is 33.6. The molecule has 9 heteroatoms. The Morgan fingerprint density at radius 2 is 1.94 bits per heavy atom. The van der Waals surface area contributed by atoms with Gasteiger partial charge in [-0.2, -0.15) is 0 Å². The quantitative estimate of drug-likeness (QED) is 0.576. The van der Waals surface area contributed by atoms with Gasteiger partial charge in [-0.15, -0.1) is 0 Å². The lowest BCUT2D eigenvalue weighted by Gasteiger charge is -2.20. The van der Waals surface area contributed by atoms with Crippen LogP contribution in [0.5, 0.6) is 5.75 Å². The van der Waals surface area contributed by atoms with Crippen molar-refractivity contribution in [2.45, 2.75) is 17.9 Å². The molecule has 2 aromatic carbocycles. The lowest BCUT2D eigenvalue weighted by Crippen LogP contribution is -2.30. The van der Waals surface area contributed by atoms with Crippen molar-refractivity contribution in [3.05, 3.63) is 77.5 Å². The first-order chi connectivity index (χ1) is 15.8. The van der Waals surface area contributed by atoms with E-state index in [0.29, 0.717) is 24.4 Å². The molecule has 0 saturated heterocycles. The average molecular weight is 467 g/mol. The zero-order chi connectivity index (χ0) is 23.6. The van der Waals surface area contributed by atoms with Gasteiger partial charge < -0.3 is 15.0 Å². The summed E-state index contributed by atoms with van der Waals surface area (Å²) in [6, 6.07) is 15.5. The summed E-state index contributed by atoms with van der Waals surface area (Å²) in [7, 11) is 1.36. The highest BCUT2D eigenvalue weighted by molar-refractivity contribution is 7.92. The lowest BCUT2D eigenvalue weighted by molar-refractivity contribution is 0.0947. The van der Waals surface area contributed by atoms with Crippen LogP contribution in [0, 0.1) is 0 Å². The van der Waals surface area contributed by atoms with E-state index in [-0.39, 0.29) is 17.0 Å². The molecule has 1 aromatic heterocycles. The molecule has 1 N–H and O–H groups in total. The van der Waals surface area contributed by atoms with Crippen LogP contribution in [-0.4, -0.2) is 47.1 Å². The highest BCUT2D eigenvalue weighted by Crippen LogP contribution is 2.34. The molecule has 0 aliphatic carbocycles. The molecule has 0 spiro atoms. The van der Waals surface area contributed by atoms with Crippen LogP contribution in [0.2, 0.25) is 0 Å². The molecule has 1 amide bonds. The number of carbonyl (C=O) groups is 1. The van der Waals surface area contributed by atoms with Crippen molar-refractivity contribution in [2.24, 2.45) is 0 Å². The summed E-state index contributed by atoms with van der Waals surface area (Å²) in [5.41, 5.74) is 2.65. The topological polar surface area (TPSA) is 91.8 Å². The van der Waals surface area contributed by atoms with Crippen LogP contribution in [0.25, 0.3) is 0 Å². The highest BCUT2D eigenvalue weighted by Gasteiger charge is 2.31. The molecule has 0 radical (unpaired) electrons. The van der Waals surface area contributed by atoms with E-state index in [0.717, 1.165) is 16.9 Å². The maximum absolute atomic E-state index is 13.4. The molecule has 1 aliphatic rings. The number of ether oxygens (including phenoxy) is 1. The first kappa shape index (κ1) is 22.6. The number of nitrogens with one attached hydrogen (secondary N) is 1. The molecule has 172 valence electrons. The number of para-hydroxylation sites is 1. The molecule has 33 heavy (non-hydrogen) atoms. The number of hydrogen-bond donors (Lipinski definition) is 1. The number of hydrogen-bond acceptors (Lipinski definition) is 6.